The first-order valence-electron chi connectivity index (χ1n) is 8.15. The van der Waals surface area contributed by atoms with E-state index in [0.29, 0.717) is 37.2 Å². The molecule has 0 saturated heterocycles. The van der Waals surface area contributed by atoms with E-state index < -0.39 is 17.5 Å². The highest BCUT2D eigenvalue weighted by Gasteiger charge is 2.30. The molecule has 0 fully saturated rings. The third-order valence-electron chi connectivity index (χ3n) is 3.43. The summed E-state index contributed by atoms with van der Waals surface area (Å²) in [6.07, 6.45) is 1.16. The Morgan fingerprint density at radius 3 is 1.92 bits per heavy atom. The molecule has 0 aromatic heterocycles. The molecule has 0 N–H and O–H groups in total. The van der Waals surface area contributed by atoms with E-state index in [-0.39, 0.29) is 19.8 Å². The van der Waals surface area contributed by atoms with Crippen LogP contribution in [0.2, 0.25) is 0 Å². The molecule has 1 unspecified atom stereocenters. The molecule has 0 aliphatic carbocycles. The number of carbonyl (C=O) groups is 2. The third-order valence-corrected chi connectivity index (χ3v) is 3.43. The number of rotatable bonds is 13. The van der Waals surface area contributed by atoms with Crippen LogP contribution < -0.4 is 0 Å². The van der Waals surface area contributed by atoms with Crippen molar-refractivity contribution in [2.75, 3.05) is 33.0 Å². The van der Waals surface area contributed by atoms with Gasteiger partial charge in [-0.05, 0) is 27.2 Å². The minimum absolute atomic E-state index is 0.130. The summed E-state index contributed by atoms with van der Waals surface area (Å²) in [6.45, 7) is 15.6. The molecule has 0 bridgehead atoms. The lowest BCUT2D eigenvalue weighted by atomic mass is 9.97. The number of hydrogen-bond acceptors (Lipinski definition) is 6. The van der Waals surface area contributed by atoms with Gasteiger partial charge in [-0.1, -0.05) is 20.1 Å². The lowest BCUT2D eigenvalue weighted by Gasteiger charge is -2.32. The Hall–Kier alpha value is -1.66. The van der Waals surface area contributed by atoms with E-state index in [1.807, 2.05) is 13.8 Å². The lowest BCUT2D eigenvalue weighted by Crippen LogP contribution is -2.40. The Bertz CT molecular complexity index is 443. The van der Waals surface area contributed by atoms with Gasteiger partial charge in [-0.2, -0.15) is 0 Å². The van der Waals surface area contributed by atoms with Crippen molar-refractivity contribution in [1.29, 1.82) is 0 Å². The van der Waals surface area contributed by atoms with E-state index in [1.54, 1.807) is 13.8 Å². The maximum atomic E-state index is 11.5. The zero-order valence-corrected chi connectivity index (χ0v) is 15.3. The predicted octanol–water partition coefficient (Wildman–Crippen LogP) is 2.82. The van der Waals surface area contributed by atoms with Crippen molar-refractivity contribution in [2.24, 2.45) is 0 Å². The zero-order valence-electron chi connectivity index (χ0n) is 15.3. The average Bonchev–Trinajstić information content (AvgIpc) is 2.55. The molecule has 6 nitrogen and oxygen atoms in total. The van der Waals surface area contributed by atoms with Crippen molar-refractivity contribution >= 4 is 11.9 Å². The van der Waals surface area contributed by atoms with E-state index in [4.69, 9.17) is 18.9 Å². The number of ether oxygens (including phenoxy) is 4. The second-order valence-corrected chi connectivity index (χ2v) is 5.60. The van der Waals surface area contributed by atoms with Crippen LogP contribution in [0.4, 0.5) is 0 Å². The molecule has 0 aliphatic rings. The smallest absolute Gasteiger partial charge is 0.333 e. The highest BCUT2D eigenvalue weighted by Crippen LogP contribution is 2.22. The third kappa shape index (κ3) is 8.84. The summed E-state index contributed by atoms with van der Waals surface area (Å²) in [5, 5.41) is 0. The SMILES string of the molecule is C=C(C)C(=O)OCCOC(CC)(CCOC(=O)C(=C)C)COCC. The van der Waals surface area contributed by atoms with Crippen LogP contribution in [0.15, 0.2) is 24.3 Å². The molecule has 24 heavy (non-hydrogen) atoms. The predicted molar refractivity (Wildman–Crippen MR) is 91.6 cm³/mol. The monoisotopic (exact) mass is 342 g/mol. The van der Waals surface area contributed by atoms with Crippen LogP contribution in [0.25, 0.3) is 0 Å². The van der Waals surface area contributed by atoms with Crippen LogP contribution >= 0.6 is 0 Å². The number of carbonyl (C=O) groups excluding carboxylic acids is 2. The van der Waals surface area contributed by atoms with Crippen molar-refractivity contribution in [3.63, 3.8) is 0 Å². The van der Waals surface area contributed by atoms with Gasteiger partial charge in [-0.3, -0.25) is 0 Å². The summed E-state index contributed by atoms with van der Waals surface area (Å²) in [7, 11) is 0. The molecule has 0 radical (unpaired) electrons. The summed E-state index contributed by atoms with van der Waals surface area (Å²) < 4.78 is 21.6. The Morgan fingerprint density at radius 1 is 0.917 bits per heavy atom. The molecule has 0 aromatic rings. The molecular weight excluding hydrogens is 312 g/mol. The van der Waals surface area contributed by atoms with Gasteiger partial charge in [0.15, 0.2) is 0 Å². The van der Waals surface area contributed by atoms with Crippen LogP contribution in [0, 0.1) is 0 Å². The molecule has 6 heteroatoms. The van der Waals surface area contributed by atoms with E-state index in [9.17, 15) is 9.59 Å². The van der Waals surface area contributed by atoms with Gasteiger partial charge in [0, 0.05) is 24.2 Å². The second-order valence-electron chi connectivity index (χ2n) is 5.60. The molecule has 0 heterocycles. The first-order valence-corrected chi connectivity index (χ1v) is 8.15. The minimum atomic E-state index is -0.596. The fourth-order valence-corrected chi connectivity index (χ4v) is 1.82. The minimum Gasteiger partial charge on any atom is -0.462 e. The number of esters is 2. The molecule has 138 valence electrons. The second kappa shape index (κ2) is 11.8. The molecule has 0 amide bonds. The van der Waals surface area contributed by atoms with E-state index in [1.165, 1.54) is 0 Å². The average molecular weight is 342 g/mol. The quantitative estimate of drug-likeness (QED) is 0.291. The number of hydrogen-bond donors (Lipinski definition) is 0. The highest BCUT2D eigenvalue weighted by molar-refractivity contribution is 5.87. The standard InChI is InChI=1S/C18H30O6/c1-7-18(13-21-8-2,9-10-22-16(19)14(3)4)24-12-11-23-17(20)15(5)6/h3,5,7-13H2,1-2,4,6H3. The first kappa shape index (κ1) is 22.3. The summed E-state index contributed by atoms with van der Waals surface area (Å²) in [4.78, 5) is 22.8. The summed E-state index contributed by atoms with van der Waals surface area (Å²) in [5.41, 5.74) is 0.105. The topological polar surface area (TPSA) is 71.1 Å². The summed E-state index contributed by atoms with van der Waals surface area (Å²) in [5.74, 6) is -0.868. The fourth-order valence-electron chi connectivity index (χ4n) is 1.82. The van der Waals surface area contributed by atoms with Crippen molar-refractivity contribution in [3.8, 4) is 0 Å². The molecule has 0 spiro atoms. The van der Waals surface area contributed by atoms with Crippen molar-refractivity contribution in [3.05, 3.63) is 24.3 Å². The zero-order chi connectivity index (χ0) is 18.6. The Labute approximate surface area is 144 Å². The Balaban J connectivity index is 4.52. The van der Waals surface area contributed by atoms with E-state index in [0.717, 1.165) is 0 Å². The maximum Gasteiger partial charge on any atom is 0.333 e. The van der Waals surface area contributed by atoms with Crippen LogP contribution in [0.1, 0.15) is 40.5 Å². The fraction of sp³-hybridized carbons (Fsp3) is 0.667. The van der Waals surface area contributed by atoms with Gasteiger partial charge < -0.3 is 18.9 Å². The molecule has 0 aromatic carbocycles. The normalized spacial score (nSPS) is 13.0. The van der Waals surface area contributed by atoms with Gasteiger partial charge in [0.05, 0.1) is 25.4 Å². The van der Waals surface area contributed by atoms with E-state index >= 15 is 0 Å². The van der Waals surface area contributed by atoms with Crippen molar-refractivity contribution in [2.45, 2.75) is 46.1 Å². The highest BCUT2D eigenvalue weighted by atomic mass is 16.6. The van der Waals surface area contributed by atoms with Crippen LogP contribution in [0.5, 0.6) is 0 Å². The Morgan fingerprint density at radius 2 is 1.46 bits per heavy atom. The van der Waals surface area contributed by atoms with Crippen LogP contribution in [-0.2, 0) is 28.5 Å². The molecule has 0 saturated carbocycles. The van der Waals surface area contributed by atoms with Gasteiger partial charge in [-0.15, -0.1) is 0 Å². The summed E-state index contributed by atoms with van der Waals surface area (Å²) in [6, 6.07) is 0. The molecular formula is C18H30O6. The van der Waals surface area contributed by atoms with Crippen LogP contribution in [-0.4, -0.2) is 50.6 Å². The largest absolute Gasteiger partial charge is 0.462 e. The van der Waals surface area contributed by atoms with Crippen LogP contribution in [0.3, 0.4) is 0 Å². The Kier molecular flexibility index (Phi) is 11.0. The van der Waals surface area contributed by atoms with Gasteiger partial charge in [0.25, 0.3) is 0 Å². The lowest BCUT2D eigenvalue weighted by molar-refractivity contribution is -0.152. The van der Waals surface area contributed by atoms with Gasteiger partial charge in [0.2, 0.25) is 0 Å². The van der Waals surface area contributed by atoms with E-state index in [2.05, 4.69) is 13.2 Å². The summed E-state index contributed by atoms with van der Waals surface area (Å²) >= 11 is 0. The molecule has 0 rings (SSSR count). The van der Waals surface area contributed by atoms with Gasteiger partial charge in [-0.25, -0.2) is 9.59 Å². The molecule has 0 aliphatic heterocycles. The van der Waals surface area contributed by atoms with Crippen molar-refractivity contribution in [1.82, 2.24) is 0 Å². The molecule has 1 atom stereocenters. The maximum absolute atomic E-state index is 11.5. The van der Waals surface area contributed by atoms with Gasteiger partial charge in [0.1, 0.15) is 6.61 Å². The van der Waals surface area contributed by atoms with Gasteiger partial charge >= 0.3 is 11.9 Å². The van der Waals surface area contributed by atoms with Crippen molar-refractivity contribution < 1.29 is 28.5 Å². The first-order chi connectivity index (χ1) is 11.3.